The number of hydrogen-bond acceptors (Lipinski definition) is 3. The van der Waals surface area contributed by atoms with Gasteiger partial charge in [0.2, 0.25) is 0 Å². The first-order valence-electron chi connectivity index (χ1n) is 11.3. The lowest BCUT2D eigenvalue weighted by Crippen LogP contribution is -1.89. The summed E-state index contributed by atoms with van der Waals surface area (Å²) in [6.07, 6.45) is 1.90. The Morgan fingerprint density at radius 2 is 1.41 bits per heavy atom. The molecule has 8 rings (SSSR count). The highest BCUT2D eigenvalue weighted by molar-refractivity contribution is 7.17. The smallest absolute Gasteiger partial charge is 0.159 e. The first-order chi connectivity index (χ1) is 16.8. The van der Waals surface area contributed by atoms with Crippen LogP contribution in [0.2, 0.25) is 0 Å². The molecule has 0 fully saturated rings. The van der Waals surface area contributed by atoms with Crippen molar-refractivity contribution in [3.63, 3.8) is 0 Å². The zero-order chi connectivity index (χ0) is 22.2. The molecule has 8 aromatic rings. The molecule has 4 aromatic carbocycles. The Hall–Kier alpha value is -4.28. The van der Waals surface area contributed by atoms with Gasteiger partial charge >= 0.3 is 0 Å². The third-order valence-electron chi connectivity index (χ3n) is 6.87. The fraction of sp³-hybridized carbons (Fsp3) is 0. The monoisotopic (exact) mass is 451 g/mol. The molecule has 4 heteroatoms. The zero-order valence-corrected chi connectivity index (χ0v) is 18.9. The minimum absolute atomic E-state index is 0.755. The lowest BCUT2D eigenvalue weighted by atomic mass is 9.99. The summed E-state index contributed by atoms with van der Waals surface area (Å²) < 4.78 is 2.43. The summed E-state index contributed by atoms with van der Waals surface area (Å²) in [5.41, 5.74) is 7.03. The maximum absolute atomic E-state index is 4.76. The lowest BCUT2D eigenvalue weighted by Gasteiger charge is -2.06. The third-order valence-corrected chi connectivity index (χ3v) is 7.77. The summed E-state index contributed by atoms with van der Waals surface area (Å²) in [5, 5.41) is 8.52. The summed E-state index contributed by atoms with van der Waals surface area (Å²) in [7, 11) is 0. The number of nitrogens with zero attached hydrogens (tertiary/aromatic N) is 3. The summed E-state index contributed by atoms with van der Waals surface area (Å²) in [5.74, 6) is 0.755. The Bertz CT molecular complexity index is 2010. The van der Waals surface area contributed by atoms with Gasteiger partial charge in [-0.15, -0.1) is 11.3 Å². The van der Waals surface area contributed by atoms with Crippen LogP contribution in [0.3, 0.4) is 0 Å². The van der Waals surface area contributed by atoms with Crippen molar-refractivity contribution in [1.29, 1.82) is 0 Å². The van der Waals surface area contributed by atoms with Gasteiger partial charge in [0.05, 0.1) is 16.6 Å². The van der Waals surface area contributed by atoms with E-state index in [1.807, 2.05) is 41.8 Å². The maximum atomic E-state index is 4.76. The molecule has 0 bridgehead atoms. The molecule has 0 N–H and O–H groups in total. The van der Waals surface area contributed by atoms with Crippen LogP contribution in [0.25, 0.3) is 70.8 Å². The van der Waals surface area contributed by atoms with E-state index in [4.69, 9.17) is 4.98 Å². The average molecular weight is 452 g/mol. The van der Waals surface area contributed by atoms with Gasteiger partial charge in [-0.3, -0.25) is 4.40 Å². The van der Waals surface area contributed by atoms with Crippen LogP contribution < -0.4 is 0 Å². The van der Waals surface area contributed by atoms with Crippen LogP contribution in [0.15, 0.2) is 103 Å². The van der Waals surface area contributed by atoms with Gasteiger partial charge in [0.15, 0.2) is 5.82 Å². The van der Waals surface area contributed by atoms with E-state index in [2.05, 4.69) is 81.5 Å². The van der Waals surface area contributed by atoms with E-state index in [0.717, 1.165) is 22.3 Å². The van der Waals surface area contributed by atoms with Crippen LogP contribution in [0.5, 0.6) is 0 Å². The largest absolute Gasteiger partial charge is 0.300 e. The van der Waals surface area contributed by atoms with Crippen molar-refractivity contribution in [1.82, 2.24) is 14.4 Å². The molecule has 0 amide bonds. The van der Waals surface area contributed by atoms with Gasteiger partial charge in [-0.05, 0) is 46.8 Å². The van der Waals surface area contributed by atoms with Crippen molar-refractivity contribution in [2.24, 2.45) is 0 Å². The Morgan fingerprint density at radius 1 is 0.647 bits per heavy atom. The minimum atomic E-state index is 0.755. The molecule has 0 aliphatic carbocycles. The van der Waals surface area contributed by atoms with Crippen molar-refractivity contribution < 1.29 is 0 Å². The van der Waals surface area contributed by atoms with Crippen LogP contribution >= 0.6 is 11.3 Å². The molecule has 0 saturated carbocycles. The van der Waals surface area contributed by atoms with Crippen LogP contribution in [0.1, 0.15) is 0 Å². The van der Waals surface area contributed by atoms with E-state index in [0.29, 0.717) is 0 Å². The highest BCUT2D eigenvalue weighted by Crippen LogP contribution is 2.43. The quantitative estimate of drug-likeness (QED) is 0.265. The normalized spacial score (nSPS) is 12.1. The molecule has 0 aliphatic heterocycles. The van der Waals surface area contributed by atoms with Crippen LogP contribution in [-0.4, -0.2) is 14.4 Å². The topological polar surface area (TPSA) is 30.2 Å². The first kappa shape index (κ1) is 18.2. The Morgan fingerprint density at radius 3 is 2.32 bits per heavy atom. The lowest BCUT2D eigenvalue weighted by molar-refractivity contribution is 1.23. The second-order valence-electron chi connectivity index (χ2n) is 8.74. The first-order valence-corrected chi connectivity index (χ1v) is 12.2. The molecule has 0 radical (unpaired) electrons. The van der Waals surface area contributed by atoms with Gasteiger partial charge < -0.3 is 0 Å². The van der Waals surface area contributed by atoms with Crippen molar-refractivity contribution >= 4 is 59.6 Å². The van der Waals surface area contributed by atoms with Crippen molar-refractivity contribution in [3.05, 3.63) is 103 Å². The molecule has 158 valence electrons. The van der Waals surface area contributed by atoms with E-state index in [1.54, 1.807) is 0 Å². The molecule has 0 saturated heterocycles. The van der Waals surface area contributed by atoms with E-state index in [9.17, 15) is 0 Å². The van der Waals surface area contributed by atoms with Gasteiger partial charge in [0.1, 0.15) is 4.83 Å². The Balaban J connectivity index is 1.32. The second-order valence-corrected chi connectivity index (χ2v) is 9.64. The minimum Gasteiger partial charge on any atom is -0.300 e. The number of aromatic nitrogens is 3. The van der Waals surface area contributed by atoms with E-state index >= 15 is 0 Å². The average Bonchev–Trinajstić information content (AvgIpc) is 3.58. The highest BCUT2D eigenvalue weighted by Gasteiger charge is 2.19. The van der Waals surface area contributed by atoms with Crippen molar-refractivity contribution in [3.8, 4) is 22.5 Å². The molecule has 0 aliphatic rings. The van der Waals surface area contributed by atoms with Gasteiger partial charge in [0.25, 0.3) is 0 Å². The standard InChI is InChI=1S/C30H17N3S/c1-3-7-26-20(5-1)17-31-29(32-26)19-11-9-18(10-12-19)21-15-24-22-6-2-4-8-27(22)33-28(24)25(16-21)23-13-14-34-30(23)33/h1-17H. The summed E-state index contributed by atoms with van der Waals surface area (Å²) in [6.45, 7) is 0. The number of thiophene rings is 1. The predicted molar refractivity (Wildman–Crippen MR) is 143 cm³/mol. The molecule has 3 nitrogen and oxygen atoms in total. The van der Waals surface area contributed by atoms with Gasteiger partial charge in [0, 0.05) is 38.7 Å². The van der Waals surface area contributed by atoms with Crippen molar-refractivity contribution in [2.75, 3.05) is 0 Å². The summed E-state index contributed by atoms with van der Waals surface area (Å²) in [6, 6.07) is 32.4. The number of para-hydroxylation sites is 2. The molecule has 0 atom stereocenters. The number of rotatable bonds is 2. The number of fused-ring (bicyclic) bond motifs is 7. The fourth-order valence-corrected chi connectivity index (χ4v) is 6.22. The zero-order valence-electron chi connectivity index (χ0n) is 18.1. The molecular formula is C30H17N3S. The van der Waals surface area contributed by atoms with Crippen LogP contribution in [-0.2, 0) is 0 Å². The van der Waals surface area contributed by atoms with Gasteiger partial charge in [-0.25, -0.2) is 9.97 Å². The molecule has 4 aromatic heterocycles. The Kier molecular flexibility index (Phi) is 3.54. The predicted octanol–water partition coefficient (Wildman–Crippen LogP) is 8.18. The molecular weight excluding hydrogens is 434 g/mol. The summed E-state index contributed by atoms with van der Waals surface area (Å²) >= 11 is 1.81. The Labute approximate surface area is 198 Å². The number of benzene rings is 4. The molecule has 4 heterocycles. The molecule has 34 heavy (non-hydrogen) atoms. The van der Waals surface area contributed by atoms with Crippen molar-refractivity contribution in [2.45, 2.75) is 0 Å². The van der Waals surface area contributed by atoms with Crippen LogP contribution in [0.4, 0.5) is 0 Å². The fourth-order valence-electron chi connectivity index (χ4n) is 5.28. The van der Waals surface area contributed by atoms with E-state index in [-0.39, 0.29) is 0 Å². The van der Waals surface area contributed by atoms with E-state index < -0.39 is 0 Å². The SMILES string of the molecule is c1ccc2nc(-c3ccc(-c4cc5c6ccccc6n6c7sccc7c(c4)c56)cc3)ncc2c1. The third kappa shape index (κ3) is 2.40. The second kappa shape index (κ2) is 6.62. The van der Waals surface area contributed by atoms with Crippen LogP contribution in [0, 0.1) is 0 Å². The number of hydrogen-bond donors (Lipinski definition) is 0. The van der Waals surface area contributed by atoms with Gasteiger partial charge in [-0.1, -0.05) is 60.7 Å². The van der Waals surface area contributed by atoms with Gasteiger partial charge in [-0.2, -0.15) is 0 Å². The van der Waals surface area contributed by atoms with E-state index in [1.165, 1.54) is 48.5 Å². The summed E-state index contributed by atoms with van der Waals surface area (Å²) in [4.78, 5) is 10.7. The molecule has 0 spiro atoms. The molecule has 0 unspecified atom stereocenters. The maximum Gasteiger partial charge on any atom is 0.159 e. The highest BCUT2D eigenvalue weighted by atomic mass is 32.1.